The Balaban J connectivity index is 1.94. The zero-order valence-electron chi connectivity index (χ0n) is 13.5. The molecular formula is C15H22FN5O2S. The first kappa shape index (κ1) is 18.2. The van der Waals surface area contributed by atoms with Gasteiger partial charge in [-0.3, -0.25) is 4.99 Å². The summed E-state index contributed by atoms with van der Waals surface area (Å²) < 4.78 is 35.2. The number of rotatable bonds is 7. The Bertz CT molecular complexity index is 816. The Morgan fingerprint density at radius 1 is 1.38 bits per heavy atom. The van der Waals surface area contributed by atoms with Crippen LogP contribution in [0.5, 0.6) is 0 Å². The largest absolute Gasteiger partial charge is 0.361 e. The van der Waals surface area contributed by atoms with Crippen LogP contribution < -0.4 is 15.8 Å². The van der Waals surface area contributed by atoms with E-state index in [1.165, 1.54) is 12.1 Å². The van der Waals surface area contributed by atoms with Crippen molar-refractivity contribution in [2.75, 3.05) is 25.4 Å². The van der Waals surface area contributed by atoms with Gasteiger partial charge in [-0.15, -0.1) is 0 Å². The number of aromatic nitrogens is 1. The lowest BCUT2D eigenvalue weighted by Crippen LogP contribution is -2.38. The number of hydrogen-bond donors (Lipinski definition) is 4. The molecule has 0 aliphatic carbocycles. The fourth-order valence-corrected chi connectivity index (χ4v) is 2.65. The van der Waals surface area contributed by atoms with Crippen molar-refractivity contribution in [2.45, 2.75) is 13.3 Å². The first-order valence-corrected chi connectivity index (χ1v) is 9.39. The highest BCUT2D eigenvalue weighted by atomic mass is 32.2. The summed E-state index contributed by atoms with van der Waals surface area (Å²) >= 11 is 0. The second kappa shape index (κ2) is 8.11. The summed E-state index contributed by atoms with van der Waals surface area (Å²) in [6.07, 6.45) is 2.53. The average molecular weight is 355 g/mol. The van der Waals surface area contributed by atoms with E-state index in [0.717, 1.165) is 16.5 Å². The second-order valence-corrected chi connectivity index (χ2v) is 7.04. The number of hydrogen-bond acceptors (Lipinski definition) is 3. The molecule has 5 N–H and O–H groups in total. The molecule has 7 nitrogen and oxygen atoms in total. The fraction of sp³-hybridized carbons (Fsp3) is 0.400. The number of H-pyrrole nitrogens is 1. The minimum atomic E-state index is -3.52. The van der Waals surface area contributed by atoms with Crippen LogP contribution in [0.25, 0.3) is 10.9 Å². The number of fused-ring (bicyclic) bond motifs is 1. The number of nitrogens with two attached hydrogens (primary N) is 1. The first-order chi connectivity index (χ1) is 11.4. The van der Waals surface area contributed by atoms with E-state index < -0.39 is 10.0 Å². The Morgan fingerprint density at radius 3 is 2.88 bits per heavy atom. The standard InChI is InChI=1S/C15H22FN5O2S/c1-2-18-15(20-7-8-24(17,22)23)19-6-5-11-10-21-14-4-3-12(16)9-13(11)14/h3-4,9-10,21H,2,5-8H2,1H3,(H2,17,22,23)(H2,18,19,20). The van der Waals surface area contributed by atoms with Crippen LogP contribution in [0, 0.1) is 5.82 Å². The maximum atomic E-state index is 13.4. The normalized spacial score (nSPS) is 12.5. The Hall–Kier alpha value is -2.13. The van der Waals surface area contributed by atoms with Crippen molar-refractivity contribution >= 4 is 26.9 Å². The molecular weight excluding hydrogens is 333 g/mol. The summed E-state index contributed by atoms with van der Waals surface area (Å²) in [5.41, 5.74) is 1.89. The van der Waals surface area contributed by atoms with Crippen LogP contribution in [0.2, 0.25) is 0 Å². The maximum absolute atomic E-state index is 13.4. The molecule has 0 bridgehead atoms. The fourth-order valence-electron chi connectivity index (χ4n) is 2.30. The van der Waals surface area contributed by atoms with Gasteiger partial charge in [0.15, 0.2) is 5.96 Å². The molecule has 0 saturated carbocycles. The van der Waals surface area contributed by atoms with E-state index in [-0.39, 0.29) is 18.1 Å². The molecule has 9 heteroatoms. The molecule has 2 aromatic rings. The number of halogens is 1. The molecule has 0 aliphatic rings. The van der Waals surface area contributed by atoms with Crippen molar-refractivity contribution in [2.24, 2.45) is 10.1 Å². The second-order valence-electron chi connectivity index (χ2n) is 5.31. The van der Waals surface area contributed by atoms with Gasteiger partial charge in [-0.05, 0) is 37.1 Å². The smallest absolute Gasteiger partial charge is 0.210 e. The summed E-state index contributed by atoms with van der Waals surface area (Å²) in [6.45, 7) is 3.23. The molecule has 0 radical (unpaired) electrons. The molecule has 0 atom stereocenters. The van der Waals surface area contributed by atoms with Gasteiger partial charge in [-0.1, -0.05) is 0 Å². The monoisotopic (exact) mass is 355 g/mol. The SMILES string of the molecule is CCNC(=NCCS(N)(=O)=O)NCCc1c[nH]c2ccc(F)cc12. The lowest BCUT2D eigenvalue weighted by molar-refractivity contribution is 0.597. The highest BCUT2D eigenvalue weighted by molar-refractivity contribution is 7.89. The van der Waals surface area contributed by atoms with E-state index in [0.29, 0.717) is 25.5 Å². The van der Waals surface area contributed by atoms with E-state index in [1.54, 1.807) is 6.07 Å². The van der Waals surface area contributed by atoms with E-state index in [4.69, 9.17) is 5.14 Å². The number of nitrogens with one attached hydrogen (secondary N) is 3. The van der Waals surface area contributed by atoms with Crippen LogP contribution in [0.15, 0.2) is 29.4 Å². The molecule has 1 heterocycles. The lowest BCUT2D eigenvalue weighted by Gasteiger charge is -2.11. The van der Waals surface area contributed by atoms with Gasteiger partial charge in [0, 0.05) is 30.2 Å². The van der Waals surface area contributed by atoms with Gasteiger partial charge in [0.1, 0.15) is 5.82 Å². The number of aromatic amines is 1. The highest BCUT2D eigenvalue weighted by Gasteiger charge is 2.06. The van der Waals surface area contributed by atoms with Gasteiger partial charge in [-0.25, -0.2) is 17.9 Å². The van der Waals surface area contributed by atoms with Gasteiger partial charge in [0.25, 0.3) is 0 Å². The molecule has 0 amide bonds. The van der Waals surface area contributed by atoms with Gasteiger partial charge in [0.05, 0.1) is 12.3 Å². The third-order valence-electron chi connectivity index (χ3n) is 3.41. The summed E-state index contributed by atoms with van der Waals surface area (Å²) in [5, 5.41) is 12.0. The first-order valence-electron chi connectivity index (χ1n) is 7.67. The maximum Gasteiger partial charge on any atom is 0.210 e. The molecule has 0 saturated heterocycles. The quantitative estimate of drug-likeness (QED) is 0.432. The number of guanidine groups is 1. The van der Waals surface area contributed by atoms with Crippen molar-refractivity contribution in [3.05, 3.63) is 35.8 Å². The van der Waals surface area contributed by atoms with Gasteiger partial charge in [0.2, 0.25) is 10.0 Å². The molecule has 0 aliphatic heterocycles. The van der Waals surface area contributed by atoms with E-state index in [1.807, 2.05) is 13.1 Å². The van der Waals surface area contributed by atoms with Gasteiger partial charge < -0.3 is 15.6 Å². The van der Waals surface area contributed by atoms with Gasteiger partial charge >= 0.3 is 0 Å². The zero-order chi connectivity index (χ0) is 17.6. The molecule has 0 fully saturated rings. The number of primary sulfonamides is 1. The third kappa shape index (κ3) is 5.50. The summed E-state index contributed by atoms with van der Waals surface area (Å²) in [7, 11) is -3.52. The number of aliphatic imine (C=N–C) groups is 1. The topological polar surface area (TPSA) is 112 Å². The van der Waals surface area contributed by atoms with Gasteiger partial charge in [-0.2, -0.15) is 0 Å². The van der Waals surface area contributed by atoms with Crippen molar-refractivity contribution in [1.29, 1.82) is 0 Å². The molecule has 1 aromatic carbocycles. The number of sulfonamides is 1. The Kier molecular flexibility index (Phi) is 6.16. The number of nitrogens with zero attached hydrogens (tertiary/aromatic N) is 1. The minimum absolute atomic E-state index is 0.0897. The summed E-state index contributed by atoms with van der Waals surface area (Å²) in [4.78, 5) is 7.27. The molecule has 132 valence electrons. The molecule has 24 heavy (non-hydrogen) atoms. The molecule has 2 rings (SSSR count). The minimum Gasteiger partial charge on any atom is -0.361 e. The summed E-state index contributed by atoms with van der Waals surface area (Å²) in [5.74, 6) is 0.0482. The Labute approximate surface area is 140 Å². The summed E-state index contributed by atoms with van der Waals surface area (Å²) in [6, 6.07) is 4.63. The molecule has 0 unspecified atom stereocenters. The third-order valence-corrected chi connectivity index (χ3v) is 4.16. The predicted molar refractivity (Wildman–Crippen MR) is 93.9 cm³/mol. The van der Waals surface area contributed by atoms with E-state index in [9.17, 15) is 12.8 Å². The number of benzene rings is 1. The van der Waals surface area contributed by atoms with Crippen molar-refractivity contribution in [3.63, 3.8) is 0 Å². The van der Waals surface area contributed by atoms with Crippen molar-refractivity contribution in [3.8, 4) is 0 Å². The van der Waals surface area contributed by atoms with Crippen LogP contribution in [0.4, 0.5) is 4.39 Å². The van der Waals surface area contributed by atoms with Crippen molar-refractivity contribution in [1.82, 2.24) is 15.6 Å². The highest BCUT2D eigenvalue weighted by Crippen LogP contribution is 2.19. The molecule has 0 spiro atoms. The molecule has 1 aromatic heterocycles. The van der Waals surface area contributed by atoms with Crippen LogP contribution in [0.1, 0.15) is 12.5 Å². The average Bonchev–Trinajstić information content (AvgIpc) is 2.88. The van der Waals surface area contributed by atoms with Crippen LogP contribution in [-0.4, -0.2) is 44.7 Å². The van der Waals surface area contributed by atoms with E-state index >= 15 is 0 Å². The van der Waals surface area contributed by atoms with Crippen molar-refractivity contribution < 1.29 is 12.8 Å². The lowest BCUT2D eigenvalue weighted by atomic mass is 10.1. The predicted octanol–water partition coefficient (Wildman–Crippen LogP) is 0.693. The van der Waals surface area contributed by atoms with Crippen LogP contribution in [0.3, 0.4) is 0 Å². The van der Waals surface area contributed by atoms with Crippen LogP contribution in [-0.2, 0) is 16.4 Å². The zero-order valence-corrected chi connectivity index (χ0v) is 14.3. The van der Waals surface area contributed by atoms with Crippen LogP contribution >= 0.6 is 0 Å². The Morgan fingerprint density at radius 2 is 2.17 bits per heavy atom. The van der Waals surface area contributed by atoms with E-state index in [2.05, 4.69) is 20.6 Å².